The first-order valence-electron chi connectivity index (χ1n) is 6.79. The highest BCUT2D eigenvalue weighted by Gasteiger charge is 2.35. The molecule has 1 heterocycles. The van der Waals surface area contributed by atoms with E-state index in [1.54, 1.807) is 4.90 Å². The number of amides is 1. The molecule has 1 aliphatic rings. The lowest BCUT2D eigenvalue weighted by Crippen LogP contribution is -2.50. The minimum atomic E-state index is -0.452. The van der Waals surface area contributed by atoms with Gasteiger partial charge < -0.3 is 9.64 Å². The average Bonchev–Trinajstić information content (AvgIpc) is 2.26. The van der Waals surface area contributed by atoms with E-state index in [2.05, 4.69) is 6.07 Å². The van der Waals surface area contributed by atoms with E-state index >= 15 is 0 Å². The normalized spacial score (nSPS) is 15.4. The maximum Gasteiger partial charge on any atom is 0.410 e. The van der Waals surface area contributed by atoms with E-state index in [1.165, 1.54) is 5.56 Å². The Hall–Kier alpha value is -2.02. The molecule has 0 radical (unpaired) electrons. The smallest absolute Gasteiger partial charge is 0.410 e. The predicted molar refractivity (Wildman–Crippen MR) is 76.4 cm³/mol. The zero-order valence-electron chi connectivity index (χ0n) is 12.4. The average molecular weight is 272 g/mol. The van der Waals surface area contributed by atoms with E-state index in [4.69, 9.17) is 10.00 Å². The number of nitrogens with zero attached hydrogens (tertiary/aromatic N) is 2. The minimum absolute atomic E-state index is 0.250. The van der Waals surface area contributed by atoms with Crippen LogP contribution in [0.5, 0.6) is 0 Å². The van der Waals surface area contributed by atoms with Crippen LogP contribution in [0.2, 0.25) is 0 Å². The lowest BCUT2D eigenvalue weighted by molar-refractivity contribution is 0.00814. The zero-order chi connectivity index (χ0) is 14.9. The summed E-state index contributed by atoms with van der Waals surface area (Å²) in [6.07, 6.45) is -0.250. The highest BCUT2D eigenvalue weighted by molar-refractivity contribution is 5.69. The lowest BCUT2D eigenvalue weighted by atomic mass is 9.88. The van der Waals surface area contributed by atoms with Gasteiger partial charge >= 0.3 is 6.09 Å². The van der Waals surface area contributed by atoms with Crippen molar-refractivity contribution in [2.75, 3.05) is 13.1 Å². The van der Waals surface area contributed by atoms with E-state index in [-0.39, 0.29) is 6.09 Å². The molecule has 4 nitrogen and oxygen atoms in total. The first kappa shape index (κ1) is 14.4. The van der Waals surface area contributed by atoms with Crippen molar-refractivity contribution in [1.82, 2.24) is 4.90 Å². The van der Waals surface area contributed by atoms with Gasteiger partial charge in [0.05, 0.1) is 11.6 Å². The number of carbonyl (C=O) groups is 1. The second kappa shape index (κ2) is 5.16. The molecule has 4 heteroatoms. The summed E-state index contributed by atoms with van der Waals surface area (Å²) in [7, 11) is 0. The Labute approximate surface area is 120 Å². The number of carbonyl (C=O) groups excluding carboxylic acids is 1. The fourth-order valence-electron chi connectivity index (χ4n) is 2.35. The molecule has 1 fully saturated rings. The van der Waals surface area contributed by atoms with Crippen molar-refractivity contribution in [2.24, 2.45) is 0 Å². The van der Waals surface area contributed by atoms with Gasteiger partial charge in [-0.15, -0.1) is 0 Å². The Kier molecular flexibility index (Phi) is 3.71. The van der Waals surface area contributed by atoms with Gasteiger partial charge in [-0.3, -0.25) is 0 Å². The van der Waals surface area contributed by atoms with Crippen molar-refractivity contribution in [2.45, 2.75) is 39.2 Å². The van der Waals surface area contributed by atoms with Crippen LogP contribution in [-0.4, -0.2) is 29.7 Å². The standard InChI is InChI=1S/C16H20N2O2/c1-11-7-12(8-17)5-6-14(11)13-9-18(10-13)15(19)20-16(2,3)4/h5-7,13H,9-10H2,1-4H3. The van der Waals surface area contributed by atoms with Crippen molar-refractivity contribution in [1.29, 1.82) is 5.26 Å². The summed E-state index contributed by atoms with van der Waals surface area (Å²) < 4.78 is 5.34. The van der Waals surface area contributed by atoms with Crippen LogP contribution in [0.25, 0.3) is 0 Å². The molecule has 0 unspecified atom stereocenters. The fraction of sp³-hybridized carbons (Fsp3) is 0.500. The Balaban J connectivity index is 1.97. The second-order valence-electron chi connectivity index (χ2n) is 6.27. The quantitative estimate of drug-likeness (QED) is 0.788. The molecule has 0 N–H and O–H groups in total. The van der Waals surface area contributed by atoms with Crippen molar-refractivity contribution in [3.05, 3.63) is 34.9 Å². The molecule has 106 valence electrons. The molecule has 1 saturated heterocycles. The van der Waals surface area contributed by atoms with Gasteiger partial charge in [0.15, 0.2) is 0 Å². The van der Waals surface area contributed by atoms with Crippen LogP contribution in [0, 0.1) is 18.3 Å². The molecule has 1 aromatic rings. The van der Waals surface area contributed by atoms with Gasteiger partial charge in [-0.1, -0.05) is 6.07 Å². The number of aryl methyl sites for hydroxylation is 1. The third-order valence-electron chi connectivity index (χ3n) is 3.37. The summed E-state index contributed by atoms with van der Waals surface area (Å²) in [5.41, 5.74) is 2.54. The van der Waals surface area contributed by atoms with Crippen LogP contribution < -0.4 is 0 Å². The number of hydrogen-bond acceptors (Lipinski definition) is 3. The molecule has 2 rings (SSSR count). The Morgan fingerprint density at radius 1 is 1.40 bits per heavy atom. The minimum Gasteiger partial charge on any atom is -0.444 e. The summed E-state index contributed by atoms with van der Waals surface area (Å²) >= 11 is 0. The molecule has 1 aliphatic heterocycles. The Bertz CT molecular complexity index is 561. The number of ether oxygens (including phenoxy) is 1. The third kappa shape index (κ3) is 3.11. The fourth-order valence-corrected chi connectivity index (χ4v) is 2.35. The first-order valence-corrected chi connectivity index (χ1v) is 6.79. The molecule has 0 atom stereocenters. The van der Waals surface area contributed by atoms with E-state index in [0.29, 0.717) is 24.6 Å². The van der Waals surface area contributed by atoms with Gasteiger partial charge in [-0.2, -0.15) is 5.26 Å². The lowest BCUT2D eigenvalue weighted by Gasteiger charge is -2.40. The van der Waals surface area contributed by atoms with Crippen LogP contribution in [0.4, 0.5) is 4.79 Å². The molecule has 0 saturated carbocycles. The van der Waals surface area contributed by atoms with Crippen LogP contribution in [-0.2, 0) is 4.74 Å². The van der Waals surface area contributed by atoms with Crippen molar-refractivity contribution in [3.8, 4) is 6.07 Å². The predicted octanol–water partition coefficient (Wildman–Crippen LogP) is 3.20. The molecule has 0 spiro atoms. The molecular formula is C16H20N2O2. The van der Waals surface area contributed by atoms with Crippen LogP contribution in [0.15, 0.2) is 18.2 Å². The SMILES string of the molecule is Cc1cc(C#N)ccc1C1CN(C(=O)OC(C)(C)C)C1. The first-order chi connectivity index (χ1) is 9.30. The topological polar surface area (TPSA) is 53.3 Å². The molecule has 1 amide bonds. The van der Waals surface area contributed by atoms with Crippen LogP contribution >= 0.6 is 0 Å². The number of hydrogen-bond donors (Lipinski definition) is 0. The molecule has 0 aromatic heterocycles. The van der Waals surface area contributed by atoms with Gasteiger partial charge in [0.25, 0.3) is 0 Å². The molecular weight excluding hydrogens is 252 g/mol. The van der Waals surface area contributed by atoms with Gasteiger partial charge in [0.1, 0.15) is 5.60 Å². The zero-order valence-corrected chi connectivity index (χ0v) is 12.4. The molecule has 20 heavy (non-hydrogen) atoms. The van der Waals surface area contributed by atoms with Gasteiger partial charge in [0, 0.05) is 19.0 Å². The van der Waals surface area contributed by atoms with E-state index in [9.17, 15) is 4.79 Å². The maximum atomic E-state index is 11.9. The summed E-state index contributed by atoms with van der Waals surface area (Å²) in [5, 5.41) is 8.87. The molecule has 1 aromatic carbocycles. The summed E-state index contributed by atoms with van der Waals surface area (Å²) in [5.74, 6) is 0.343. The summed E-state index contributed by atoms with van der Waals surface area (Å²) in [6, 6.07) is 7.86. The molecule has 0 aliphatic carbocycles. The maximum absolute atomic E-state index is 11.9. The third-order valence-corrected chi connectivity index (χ3v) is 3.37. The summed E-state index contributed by atoms with van der Waals surface area (Å²) in [4.78, 5) is 13.6. The number of rotatable bonds is 1. The highest BCUT2D eigenvalue weighted by Crippen LogP contribution is 2.30. The highest BCUT2D eigenvalue weighted by atomic mass is 16.6. The van der Waals surface area contributed by atoms with Gasteiger partial charge in [-0.05, 0) is 51.0 Å². The van der Waals surface area contributed by atoms with Crippen molar-refractivity contribution < 1.29 is 9.53 Å². The number of nitriles is 1. The summed E-state index contributed by atoms with van der Waals surface area (Å²) in [6.45, 7) is 8.97. The second-order valence-corrected chi connectivity index (χ2v) is 6.27. The van der Waals surface area contributed by atoms with Crippen LogP contribution in [0.3, 0.4) is 0 Å². The Morgan fingerprint density at radius 3 is 2.55 bits per heavy atom. The van der Waals surface area contributed by atoms with Gasteiger partial charge in [-0.25, -0.2) is 4.79 Å². The number of benzene rings is 1. The largest absolute Gasteiger partial charge is 0.444 e. The van der Waals surface area contributed by atoms with Crippen molar-refractivity contribution in [3.63, 3.8) is 0 Å². The molecule has 0 bridgehead atoms. The number of likely N-dealkylation sites (tertiary alicyclic amines) is 1. The van der Waals surface area contributed by atoms with Crippen LogP contribution in [0.1, 0.15) is 43.4 Å². The van der Waals surface area contributed by atoms with Crippen molar-refractivity contribution >= 4 is 6.09 Å². The van der Waals surface area contributed by atoms with E-state index in [1.807, 2.05) is 45.9 Å². The Morgan fingerprint density at radius 2 is 2.05 bits per heavy atom. The van der Waals surface area contributed by atoms with E-state index in [0.717, 1.165) is 5.56 Å². The monoisotopic (exact) mass is 272 g/mol. The van der Waals surface area contributed by atoms with Gasteiger partial charge in [0.2, 0.25) is 0 Å². The van der Waals surface area contributed by atoms with E-state index < -0.39 is 5.60 Å².